The Balaban J connectivity index is 3.44. The van der Waals surface area contributed by atoms with Crippen molar-refractivity contribution in [3.8, 4) is 6.07 Å². The number of nitrogens with zero attached hydrogens (tertiary/aromatic N) is 1. The zero-order valence-electron chi connectivity index (χ0n) is 7.28. The summed E-state index contributed by atoms with van der Waals surface area (Å²) in [4.78, 5) is 0. The van der Waals surface area contributed by atoms with Crippen molar-refractivity contribution in [1.82, 2.24) is 0 Å². The zero-order valence-corrected chi connectivity index (χ0v) is 7.28. The molecule has 0 saturated carbocycles. The first kappa shape index (κ1) is 11.6. The molecule has 0 heterocycles. The Morgan fingerprint density at radius 1 is 1.27 bits per heavy atom. The van der Waals surface area contributed by atoms with Crippen LogP contribution in [0.2, 0.25) is 0 Å². The summed E-state index contributed by atoms with van der Waals surface area (Å²) in [6.07, 6.45) is -4.68. The third-order valence-electron chi connectivity index (χ3n) is 1.79. The summed E-state index contributed by atoms with van der Waals surface area (Å²) < 4.78 is 37.1. The van der Waals surface area contributed by atoms with Gasteiger partial charge in [0.2, 0.25) is 0 Å². The number of hydrogen-bond acceptors (Lipinski definition) is 3. The van der Waals surface area contributed by atoms with E-state index >= 15 is 0 Å². The zero-order chi connectivity index (χ0) is 11.6. The molecule has 0 aromatic heterocycles. The van der Waals surface area contributed by atoms with Crippen LogP contribution in [0.3, 0.4) is 0 Å². The van der Waals surface area contributed by atoms with Gasteiger partial charge >= 0.3 is 13.3 Å². The molecule has 1 rings (SSSR count). The van der Waals surface area contributed by atoms with E-state index in [1.54, 1.807) is 0 Å². The molecule has 0 aliphatic rings. The Morgan fingerprint density at radius 2 is 1.87 bits per heavy atom. The second kappa shape index (κ2) is 3.92. The van der Waals surface area contributed by atoms with Crippen LogP contribution in [0, 0.1) is 11.3 Å². The molecule has 15 heavy (non-hydrogen) atoms. The molecule has 0 aliphatic carbocycles. The Hall–Kier alpha value is -1.52. The van der Waals surface area contributed by atoms with E-state index in [9.17, 15) is 13.2 Å². The van der Waals surface area contributed by atoms with Gasteiger partial charge in [-0.1, -0.05) is 12.1 Å². The molecule has 0 atom stereocenters. The number of benzene rings is 1. The lowest BCUT2D eigenvalue weighted by Gasteiger charge is -2.11. The first-order chi connectivity index (χ1) is 6.88. The van der Waals surface area contributed by atoms with Crippen LogP contribution in [0.25, 0.3) is 0 Å². The summed E-state index contributed by atoms with van der Waals surface area (Å²) >= 11 is 0. The summed E-state index contributed by atoms with van der Waals surface area (Å²) in [7, 11) is -2.10. The van der Waals surface area contributed by atoms with Crippen LogP contribution in [0.15, 0.2) is 18.2 Å². The first-order valence-electron chi connectivity index (χ1n) is 3.84. The fourth-order valence-electron chi connectivity index (χ4n) is 1.15. The van der Waals surface area contributed by atoms with Crippen molar-refractivity contribution in [2.75, 3.05) is 0 Å². The number of hydrogen-bond donors (Lipinski definition) is 2. The summed E-state index contributed by atoms with van der Waals surface area (Å²) in [5.74, 6) is 0. The van der Waals surface area contributed by atoms with Gasteiger partial charge in [0.15, 0.2) is 0 Å². The molecule has 3 nitrogen and oxygen atoms in total. The third kappa shape index (κ3) is 2.29. The van der Waals surface area contributed by atoms with E-state index in [0.29, 0.717) is 6.07 Å². The van der Waals surface area contributed by atoms with Gasteiger partial charge in [-0.3, -0.25) is 0 Å². The van der Waals surface area contributed by atoms with E-state index in [0.717, 1.165) is 12.1 Å². The van der Waals surface area contributed by atoms with Crippen molar-refractivity contribution in [3.05, 3.63) is 29.3 Å². The van der Waals surface area contributed by atoms with E-state index in [1.165, 1.54) is 6.07 Å². The molecule has 0 bridgehead atoms. The van der Waals surface area contributed by atoms with Gasteiger partial charge in [0.05, 0.1) is 17.2 Å². The molecule has 7 heteroatoms. The SMILES string of the molecule is N#Cc1c(B(O)O)cccc1C(F)(F)F. The highest BCUT2D eigenvalue weighted by molar-refractivity contribution is 6.59. The fourth-order valence-corrected chi connectivity index (χ4v) is 1.15. The van der Waals surface area contributed by atoms with Gasteiger partial charge in [0.25, 0.3) is 0 Å². The Labute approximate surface area is 83.5 Å². The molecule has 0 spiro atoms. The molecule has 0 unspecified atom stereocenters. The quantitative estimate of drug-likeness (QED) is 0.660. The normalized spacial score (nSPS) is 10.9. The van der Waals surface area contributed by atoms with Gasteiger partial charge in [-0.2, -0.15) is 18.4 Å². The van der Waals surface area contributed by atoms with E-state index in [4.69, 9.17) is 15.3 Å². The maximum absolute atomic E-state index is 12.4. The molecular formula is C8H5BF3NO2. The average Bonchev–Trinajstić information content (AvgIpc) is 2.15. The molecule has 0 amide bonds. The maximum atomic E-state index is 12.4. The van der Waals surface area contributed by atoms with Crippen molar-refractivity contribution in [2.45, 2.75) is 6.18 Å². The second-order valence-corrected chi connectivity index (χ2v) is 2.75. The highest BCUT2D eigenvalue weighted by Gasteiger charge is 2.35. The minimum atomic E-state index is -4.68. The van der Waals surface area contributed by atoms with Crippen LogP contribution in [0.1, 0.15) is 11.1 Å². The summed E-state index contributed by atoms with van der Waals surface area (Å²) in [6.45, 7) is 0. The largest absolute Gasteiger partial charge is 0.489 e. The first-order valence-corrected chi connectivity index (χ1v) is 3.84. The molecule has 1 aromatic carbocycles. The van der Waals surface area contributed by atoms with E-state index in [2.05, 4.69) is 0 Å². The fraction of sp³-hybridized carbons (Fsp3) is 0.125. The number of alkyl halides is 3. The van der Waals surface area contributed by atoms with Crippen LogP contribution in [0.5, 0.6) is 0 Å². The minimum Gasteiger partial charge on any atom is -0.423 e. The third-order valence-corrected chi connectivity index (χ3v) is 1.79. The maximum Gasteiger partial charge on any atom is 0.489 e. The molecule has 0 fully saturated rings. The molecule has 78 valence electrons. The van der Waals surface area contributed by atoms with Gasteiger partial charge in [0.1, 0.15) is 0 Å². The number of rotatable bonds is 1. The summed E-state index contributed by atoms with van der Waals surface area (Å²) in [6, 6.07) is 4.09. The van der Waals surface area contributed by atoms with Crippen LogP contribution in [-0.2, 0) is 6.18 Å². The van der Waals surface area contributed by atoms with E-state index in [1.807, 2.05) is 0 Å². The average molecular weight is 215 g/mol. The van der Waals surface area contributed by atoms with Crippen LogP contribution in [0.4, 0.5) is 13.2 Å². The van der Waals surface area contributed by atoms with Crippen molar-refractivity contribution < 1.29 is 23.2 Å². The van der Waals surface area contributed by atoms with Gasteiger partial charge in [0, 0.05) is 5.46 Å². The molecule has 1 aromatic rings. The van der Waals surface area contributed by atoms with Crippen molar-refractivity contribution in [1.29, 1.82) is 5.26 Å². The Morgan fingerprint density at radius 3 is 2.27 bits per heavy atom. The number of nitriles is 1. The standard InChI is InChI=1S/C8H5BF3NO2/c10-8(11,12)6-2-1-3-7(9(14)15)5(6)4-13/h1-3,14-15H. The lowest BCUT2D eigenvalue weighted by Crippen LogP contribution is -2.34. The van der Waals surface area contributed by atoms with Crippen LogP contribution >= 0.6 is 0 Å². The predicted molar refractivity (Wildman–Crippen MR) is 46.0 cm³/mol. The van der Waals surface area contributed by atoms with Crippen LogP contribution < -0.4 is 5.46 Å². The topological polar surface area (TPSA) is 64.2 Å². The second-order valence-electron chi connectivity index (χ2n) is 2.75. The van der Waals surface area contributed by atoms with Crippen LogP contribution in [-0.4, -0.2) is 17.2 Å². The highest BCUT2D eigenvalue weighted by atomic mass is 19.4. The minimum absolute atomic E-state index is 0.452. The lowest BCUT2D eigenvalue weighted by molar-refractivity contribution is -0.137. The van der Waals surface area contributed by atoms with E-state index in [-0.39, 0.29) is 0 Å². The molecular weight excluding hydrogens is 210 g/mol. The van der Waals surface area contributed by atoms with Crippen molar-refractivity contribution in [3.63, 3.8) is 0 Å². The predicted octanol–water partition coefficient (Wildman–Crippen LogP) is 0.257. The summed E-state index contributed by atoms with van der Waals surface area (Å²) in [5, 5.41) is 26.1. The van der Waals surface area contributed by atoms with Gasteiger partial charge in [-0.25, -0.2) is 0 Å². The highest BCUT2D eigenvalue weighted by Crippen LogP contribution is 2.30. The Kier molecular flexibility index (Phi) is 3.02. The van der Waals surface area contributed by atoms with Gasteiger partial charge < -0.3 is 10.0 Å². The smallest absolute Gasteiger partial charge is 0.423 e. The molecule has 0 aliphatic heterocycles. The van der Waals surface area contributed by atoms with Gasteiger partial charge in [-0.05, 0) is 6.07 Å². The van der Waals surface area contributed by atoms with E-state index < -0.39 is 29.9 Å². The lowest BCUT2D eigenvalue weighted by atomic mass is 9.76. The number of halogens is 3. The molecule has 0 radical (unpaired) electrons. The summed E-state index contributed by atoms with van der Waals surface area (Å²) in [5.41, 5.74) is -2.39. The van der Waals surface area contributed by atoms with Crippen molar-refractivity contribution in [2.24, 2.45) is 0 Å². The molecule has 2 N–H and O–H groups in total. The van der Waals surface area contributed by atoms with Crippen molar-refractivity contribution >= 4 is 12.6 Å². The van der Waals surface area contributed by atoms with Gasteiger partial charge in [-0.15, -0.1) is 0 Å². The monoisotopic (exact) mass is 215 g/mol. The molecule has 0 saturated heterocycles. The Bertz CT molecular complexity index is 411.